The highest BCUT2D eigenvalue weighted by Crippen LogP contribution is 2.42. The van der Waals surface area contributed by atoms with Crippen molar-refractivity contribution in [2.75, 3.05) is 0 Å². The first-order chi connectivity index (χ1) is 8.72. The van der Waals surface area contributed by atoms with Crippen LogP contribution in [0.5, 0.6) is 11.5 Å². The summed E-state index contributed by atoms with van der Waals surface area (Å²) in [4.78, 5) is 0. The van der Waals surface area contributed by atoms with Crippen LogP contribution in [0, 0.1) is 0 Å². The van der Waals surface area contributed by atoms with Crippen LogP contribution >= 0.6 is 0 Å². The molecule has 1 aromatic carbocycles. The Morgan fingerprint density at radius 1 is 0.850 bits per heavy atom. The number of phenolic OH excluding ortho intramolecular Hbond substituents is 1. The number of rotatable bonds is 1. The molecule has 0 saturated carbocycles. The molecule has 0 radical (unpaired) electrons. The summed E-state index contributed by atoms with van der Waals surface area (Å²) >= 11 is 0. The second-order valence-electron chi connectivity index (χ2n) is 6.91. The molecule has 1 rings (SSSR count). The lowest BCUT2D eigenvalue weighted by Gasteiger charge is -2.28. The summed E-state index contributed by atoms with van der Waals surface area (Å²) in [5.41, 5.74) is 0.101. The number of hydrogen-bond donors (Lipinski definition) is 1. The van der Waals surface area contributed by atoms with E-state index in [1.165, 1.54) is 0 Å². The van der Waals surface area contributed by atoms with Crippen LogP contribution < -0.4 is 4.74 Å². The molecule has 0 fully saturated rings. The molecule has 0 heterocycles. The minimum atomic E-state index is -4.78. The Morgan fingerprint density at radius 2 is 1.30 bits per heavy atom. The molecule has 20 heavy (non-hydrogen) atoms. The summed E-state index contributed by atoms with van der Waals surface area (Å²) in [6, 6.07) is 2.64. The number of aromatic hydroxyl groups is 1. The Morgan fingerprint density at radius 3 is 1.65 bits per heavy atom. The molecule has 0 amide bonds. The second-order valence-corrected chi connectivity index (χ2v) is 6.91. The number of halogens is 3. The molecule has 0 spiro atoms. The van der Waals surface area contributed by atoms with Crippen LogP contribution in [0.4, 0.5) is 13.2 Å². The lowest BCUT2D eigenvalue weighted by atomic mass is 9.79. The fourth-order valence-electron chi connectivity index (χ4n) is 1.97. The van der Waals surface area contributed by atoms with Gasteiger partial charge in [-0.1, -0.05) is 41.5 Å². The fraction of sp³-hybridized carbons (Fsp3) is 0.600. The highest BCUT2D eigenvalue weighted by Gasteiger charge is 2.35. The molecular weight excluding hydrogens is 269 g/mol. The molecule has 0 bridgehead atoms. The van der Waals surface area contributed by atoms with E-state index in [1.807, 2.05) is 20.8 Å². The average molecular weight is 290 g/mol. The van der Waals surface area contributed by atoms with Gasteiger partial charge in [-0.25, -0.2) is 0 Å². The zero-order chi connectivity index (χ0) is 15.9. The van der Waals surface area contributed by atoms with Crippen molar-refractivity contribution in [3.63, 3.8) is 0 Å². The van der Waals surface area contributed by atoms with E-state index in [1.54, 1.807) is 26.8 Å². The van der Waals surface area contributed by atoms with Crippen molar-refractivity contribution in [1.29, 1.82) is 0 Å². The van der Waals surface area contributed by atoms with E-state index in [2.05, 4.69) is 4.74 Å². The highest BCUT2D eigenvalue weighted by atomic mass is 19.4. The monoisotopic (exact) mass is 290 g/mol. The molecule has 2 nitrogen and oxygen atoms in total. The number of phenols is 1. The van der Waals surface area contributed by atoms with Crippen LogP contribution in [0.15, 0.2) is 12.1 Å². The maximum atomic E-state index is 12.5. The van der Waals surface area contributed by atoms with Gasteiger partial charge >= 0.3 is 6.36 Å². The van der Waals surface area contributed by atoms with Gasteiger partial charge in [0.15, 0.2) is 0 Å². The van der Waals surface area contributed by atoms with Gasteiger partial charge in [0, 0.05) is 11.6 Å². The summed E-state index contributed by atoms with van der Waals surface area (Å²) in [5.74, 6) is -0.541. The van der Waals surface area contributed by atoms with Gasteiger partial charge in [0.05, 0.1) is 0 Å². The molecule has 0 saturated heterocycles. The van der Waals surface area contributed by atoms with E-state index in [-0.39, 0.29) is 16.9 Å². The number of ether oxygens (including phenoxy) is 1. The van der Waals surface area contributed by atoms with Crippen molar-refractivity contribution < 1.29 is 23.0 Å². The smallest absolute Gasteiger partial charge is 0.508 e. The summed E-state index contributed by atoms with van der Waals surface area (Å²) in [5, 5.41) is 9.97. The van der Waals surface area contributed by atoms with Crippen molar-refractivity contribution in [2.24, 2.45) is 0 Å². The van der Waals surface area contributed by atoms with Crippen molar-refractivity contribution in [2.45, 2.75) is 58.7 Å². The van der Waals surface area contributed by atoms with Crippen molar-refractivity contribution in [1.82, 2.24) is 0 Å². The SMILES string of the molecule is CC(C)(C)c1cc(C(C)(C)C)c(OC(F)(F)F)cc1O. The van der Waals surface area contributed by atoms with Gasteiger partial charge in [-0.15, -0.1) is 13.2 Å². The average Bonchev–Trinajstić information content (AvgIpc) is 2.09. The van der Waals surface area contributed by atoms with Crippen molar-refractivity contribution in [3.8, 4) is 11.5 Å². The minimum Gasteiger partial charge on any atom is -0.508 e. The molecule has 0 aromatic heterocycles. The first-order valence-electron chi connectivity index (χ1n) is 6.35. The number of alkyl halides is 3. The summed E-state index contributed by atoms with van der Waals surface area (Å²) in [6.07, 6.45) is -4.78. The Balaban J connectivity index is 3.50. The predicted molar refractivity (Wildman–Crippen MR) is 72.2 cm³/mol. The van der Waals surface area contributed by atoms with Gasteiger partial charge in [0.2, 0.25) is 0 Å². The molecule has 0 unspecified atom stereocenters. The molecule has 1 aromatic rings. The second kappa shape index (κ2) is 4.86. The number of hydrogen-bond acceptors (Lipinski definition) is 2. The Hall–Kier alpha value is -1.39. The molecule has 0 aliphatic heterocycles. The van der Waals surface area contributed by atoms with E-state index in [9.17, 15) is 18.3 Å². The standard InChI is InChI=1S/C15H21F3O2/c1-13(2,3)9-7-10(14(4,5)6)12(8-11(9)19)20-15(16,17)18/h7-8,19H,1-6H3. The summed E-state index contributed by atoms with van der Waals surface area (Å²) in [7, 11) is 0. The van der Waals surface area contributed by atoms with Gasteiger partial charge in [-0.3, -0.25) is 0 Å². The van der Waals surface area contributed by atoms with Crippen LogP contribution in [0.25, 0.3) is 0 Å². The van der Waals surface area contributed by atoms with Gasteiger partial charge in [-0.05, 0) is 22.5 Å². The van der Waals surface area contributed by atoms with Gasteiger partial charge < -0.3 is 9.84 Å². The summed E-state index contributed by atoms with van der Waals surface area (Å²) < 4.78 is 41.5. The zero-order valence-corrected chi connectivity index (χ0v) is 12.6. The molecule has 0 aliphatic carbocycles. The number of benzene rings is 1. The first kappa shape index (κ1) is 16.7. The molecule has 114 valence electrons. The first-order valence-corrected chi connectivity index (χ1v) is 6.35. The Labute approximate surface area is 117 Å². The fourth-order valence-corrected chi connectivity index (χ4v) is 1.97. The van der Waals surface area contributed by atoms with E-state index < -0.39 is 11.8 Å². The van der Waals surface area contributed by atoms with Gasteiger partial charge in [0.25, 0.3) is 0 Å². The normalized spacial score (nSPS) is 13.4. The molecular formula is C15H21F3O2. The van der Waals surface area contributed by atoms with Crippen LogP contribution in [0.1, 0.15) is 52.7 Å². The maximum absolute atomic E-state index is 12.5. The van der Waals surface area contributed by atoms with E-state index in [0.29, 0.717) is 11.1 Å². The van der Waals surface area contributed by atoms with E-state index in [4.69, 9.17) is 0 Å². The Bertz CT molecular complexity index is 492. The van der Waals surface area contributed by atoms with E-state index >= 15 is 0 Å². The highest BCUT2D eigenvalue weighted by molar-refractivity contribution is 5.51. The van der Waals surface area contributed by atoms with Crippen LogP contribution in [0.3, 0.4) is 0 Å². The van der Waals surface area contributed by atoms with Crippen LogP contribution in [-0.2, 0) is 10.8 Å². The van der Waals surface area contributed by atoms with Crippen molar-refractivity contribution >= 4 is 0 Å². The van der Waals surface area contributed by atoms with E-state index in [0.717, 1.165) is 6.07 Å². The summed E-state index contributed by atoms with van der Waals surface area (Å²) in [6.45, 7) is 11.1. The quantitative estimate of drug-likeness (QED) is 0.798. The maximum Gasteiger partial charge on any atom is 0.573 e. The molecule has 0 aliphatic rings. The lowest BCUT2D eigenvalue weighted by Crippen LogP contribution is -2.22. The molecule has 0 atom stereocenters. The topological polar surface area (TPSA) is 29.5 Å². The van der Waals surface area contributed by atoms with Gasteiger partial charge in [-0.2, -0.15) is 0 Å². The lowest BCUT2D eigenvalue weighted by molar-refractivity contribution is -0.275. The Kier molecular flexibility index (Phi) is 4.05. The molecule has 5 heteroatoms. The van der Waals surface area contributed by atoms with Crippen LogP contribution in [0.2, 0.25) is 0 Å². The zero-order valence-electron chi connectivity index (χ0n) is 12.6. The third-order valence-corrected chi connectivity index (χ3v) is 2.94. The minimum absolute atomic E-state index is 0.190. The molecule has 1 N–H and O–H groups in total. The third-order valence-electron chi connectivity index (χ3n) is 2.94. The van der Waals surface area contributed by atoms with Crippen molar-refractivity contribution in [3.05, 3.63) is 23.3 Å². The third kappa shape index (κ3) is 4.05. The van der Waals surface area contributed by atoms with Crippen LogP contribution in [-0.4, -0.2) is 11.5 Å². The largest absolute Gasteiger partial charge is 0.573 e. The predicted octanol–water partition coefficient (Wildman–Crippen LogP) is 4.89. The van der Waals surface area contributed by atoms with Gasteiger partial charge in [0.1, 0.15) is 11.5 Å².